The molecule has 49 heavy (non-hydrogen) atoms. The van der Waals surface area contributed by atoms with Gasteiger partial charge < -0.3 is 90.3 Å². The standard InChI is InChI=1S/C30H47NO18/c1-12(34)31-18-14(35)7-30(44,49-27(18)19(37)15(36)9-32)8-16(45-11-13-5-3-2-4-6-13)25-21(39)20(38)24(42)29(47-25)48-26-17(10-33)46-28(43)23(41)22(26)40/h2-6,14-29,32-33,35-44H,7-11H2,1H3,(H,31,34)/t14-,15+,16?,17+,18+,19+,20-,21+,22+,23+,24+,25+,26+,27+,28-,29-,30-/m0/s1. The van der Waals surface area contributed by atoms with E-state index in [2.05, 4.69) is 5.32 Å². The quantitative estimate of drug-likeness (QED) is 0.0906. The highest BCUT2D eigenvalue weighted by Gasteiger charge is 2.55. The molecule has 17 atom stereocenters. The fourth-order valence-corrected chi connectivity index (χ4v) is 6.25. The first-order valence-corrected chi connectivity index (χ1v) is 15.7. The fraction of sp³-hybridized carbons (Fsp3) is 0.767. The molecule has 19 heteroatoms. The summed E-state index contributed by atoms with van der Waals surface area (Å²) >= 11 is 0. The second kappa shape index (κ2) is 17.0. The van der Waals surface area contributed by atoms with Crippen molar-refractivity contribution >= 4 is 5.91 Å². The van der Waals surface area contributed by atoms with E-state index in [9.17, 15) is 66.1 Å². The van der Waals surface area contributed by atoms with Gasteiger partial charge in [-0.3, -0.25) is 4.79 Å². The van der Waals surface area contributed by atoms with Gasteiger partial charge in [-0.25, -0.2) is 0 Å². The zero-order chi connectivity index (χ0) is 36.2. The molecule has 0 aromatic heterocycles. The summed E-state index contributed by atoms with van der Waals surface area (Å²) in [4.78, 5) is 11.9. The van der Waals surface area contributed by atoms with E-state index in [1.807, 2.05) is 0 Å². The third-order valence-electron chi connectivity index (χ3n) is 8.87. The van der Waals surface area contributed by atoms with Crippen LogP contribution >= 0.6 is 0 Å². The van der Waals surface area contributed by atoms with Crippen molar-refractivity contribution in [2.45, 2.75) is 130 Å². The Morgan fingerprint density at radius 3 is 2.22 bits per heavy atom. The predicted octanol–water partition coefficient (Wildman–Crippen LogP) is -6.36. The van der Waals surface area contributed by atoms with Crippen molar-refractivity contribution in [1.82, 2.24) is 5.32 Å². The van der Waals surface area contributed by atoms with Crippen LogP contribution in [-0.4, -0.2) is 184 Å². The van der Waals surface area contributed by atoms with Crippen molar-refractivity contribution < 1.29 is 89.8 Å². The fourth-order valence-electron chi connectivity index (χ4n) is 6.25. The van der Waals surface area contributed by atoms with Crippen molar-refractivity contribution in [2.24, 2.45) is 0 Å². The molecule has 3 aliphatic heterocycles. The molecule has 1 aromatic carbocycles. The highest BCUT2D eigenvalue weighted by atomic mass is 16.7. The van der Waals surface area contributed by atoms with Crippen LogP contribution in [-0.2, 0) is 35.1 Å². The lowest BCUT2D eigenvalue weighted by molar-refractivity contribution is -0.366. The zero-order valence-corrected chi connectivity index (χ0v) is 26.5. The number of rotatable bonds is 13. The van der Waals surface area contributed by atoms with Crippen LogP contribution in [0.4, 0.5) is 0 Å². The van der Waals surface area contributed by atoms with Crippen molar-refractivity contribution in [2.75, 3.05) is 13.2 Å². The SMILES string of the molecule is CC(=O)N[C@H]1[C@H]([C@H](O)[C@H](O)CO)O[C@](O)(CC(OCc2ccccc2)[C@H]2O[C@@H](O[C@H]3[C@H](O)[C@@H](O)[C@@H](O)O[C@@H]3CO)[C@H](O)[C@@H](O)[C@H]2O)C[C@@H]1O. The third kappa shape index (κ3) is 9.28. The number of carbonyl (C=O) groups excluding carboxylic acids is 1. The van der Waals surface area contributed by atoms with Crippen molar-refractivity contribution in [3.63, 3.8) is 0 Å². The molecule has 3 saturated heterocycles. The highest BCUT2D eigenvalue weighted by molar-refractivity contribution is 5.73. The first kappa shape index (κ1) is 39.8. The summed E-state index contributed by atoms with van der Waals surface area (Å²) in [5, 5.41) is 128. The van der Waals surface area contributed by atoms with Crippen LogP contribution in [0.1, 0.15) is 25.3 Å². The van der Waals surface area contributed by atoms with E-state index in [1.54, 1.807) is 30.3 Å². The molecule has 4 rings (SSSR count). The molecule has 19 nitrogen and oxygen atoms in total. The van der Waals surface area contributed by atoms with Crippen LogP contribution in [0.25, 0.3) is 0 Å². The molecule has 0 bridgehead atoms. The maximum atomic E-state index is 11.9. The van der Waals surface area contributed by atoms with Crippen LogP contribution in [0.5, 0.6) is 0 Å². The number of amides is 1. The van der Waals surface area contributed by atoms with Gasteiger partial charge in [-0.1, -0.05) is 30.3 Å². The summed E-state index contributed by atoms with van der Waals surface area (Å²) in [7, 11) is 0. The van der Waals surface area contributed by atoms with Gasteiger partial charge in [0.05, 0.1) is 38.1 Å². The number of hydrogen-bond donors (Lipinski definition) is 13. The second-order valence-corrected chi connectivity index (χ2v) is 12.6. The van der Waals surface area contributed by atoms with Crippen LogP contribution < -0.4 is 5.32 Å². The Morgan fingerprint density at radius 2 is 1.61 bits per heavy atom. The van der Waals surface area contributed by atoms with Gasteiger partial charge in [0.25, 0.3) is 0 Å². The Balaban J connectivity index is 1.64. The number of carbonyl (C=O) groups is 1. The van der Waals surface area contributed by atoms with Crippen LogP contribution in [0.3, 0.4) is 0 Å². The summed E-state index contributed by atoms with van der Waals surface area (Å²) in [6, 6.07) is 7.18. The molecule has 3 heterocycles. The van der Waals surface area contributed by atoms with E-state index in [0.717, 1.165) is 6.92 Å². The van der Waals surface area contributed by atoms with Gasteiger partial charge in [-0.05, 0) is 5.56 Å². The smallest absolute Gasteiger partial charge is 0.217 e. The first-order valence-electron chi connectivity index (χ1n) is 15.7. The Bertz CT molecular complexity index is 1180. The van der Waals surface area contributed by atoms with Gasteiger partial charge in [-0.2, -0.15) is 0 Å². The van der Waals surface area contributed by atoms with Crippen molar-refractivity contribution in [1.29, 1.82) is 0 Å². The van der Waals surface area contributed by atoms with Gasteiger partial charge in [0.1, 0.15) is 67.1 Å². The maximum Gasteiger partial charge on any atom is 0.217 e. The molecular weight excluding hydrogens is 662 g/mol. The van der Waals surface area contributed by atoms with Gasteiger partial charge in [0.2, 0.25) is 5.91 Å². The van der Waals surface area contributed by atoms with Gasteiger partial charge in [0.15, 0.2) is 18.4 Å². The second-order valence-electron chi connectivity index (χ2n) is 12.6. The van der Waals surface area contributed by atoms with Gasteiger partial charge in [-0.15, -0.1) is 0 Å². The van der Waals surface area contributed by atoms with Crippen LogP contribution in [0.2, 0.25) is 0 Å². The maximum absolute atomic E-state index is 11.9. The van der Waals surface area contributed by atoms with E-state index in [1.165, 1.54) is 0 Å². The topological polar surface area (TPSA) is 318 Å². The molecule has 0 spiro atoms. The molecule has 1 amide bonds. The summed E-state index contributed by atoms with van der Waals surface area (Å²) in [6.07, 6.45) is -28.1. The Kier molecular flexibility index (Phi) is 13.8. The minimum atomic E-state index is -2.45. The Hall–Kier alpha value is -1.99. The molecule has 1 unspecified atom stereocenters. The largest absolute Gasteiger partial charge is 0.394 e. The Morgan fingerprint density at radius 1 is 0.939 bits per heavy atom. The van der Waals surface area contributed by atoms with Crippen molar-refractivity contribution in [3.8, 4) is 0 Å². The summed E-state index contributed by atoms with van der Waals surface area (Å²) < 4.78 is 28.4. The van der Waals surface area contributed by atoms with E-state index in [0.29, 0.717) is 5.56 Å². The third-order valence-corrected chi connectivity index (χ3v) is 8.87. The number of aliphatic hydroxyl groups is 12. The lowest BCUT2D eigenvalue weighted by Gasteiger charge is -2.49. The molecule has 0 saturated carbocycles. The van der Waals surface area contributed by atoms with Crippen molar-refractivity contribution in [3.05, 3.63) is 35.9 Å². The summed E-state index contributed by atoms with van der Waals surface area (Å²) in [5.41, 5.74) is 0.605. The average molecular weight is 710 g/mol. The monoisotopic (exact) mass is 709 g/mol. The molecule has 3 fully saturated rings. The number of aliphatic hydroxyl groups excluding tert-OH is 11. The van der Waals surface area contributed by atoms with Crippen LogP contribution in [0, 0.1) is 0 Å². The lowest BCUT2D eigenvalue weighted by atomic mass is 9.85. The van der Waals surface area contributed by atoms with Crippen LogP contribution in [0.15, 0.2) is 30.3 Å². The molecule has 1 aromatic rings. The molecule has 13 N–H and O–H groups in total. The number of nitrogens with one attached hydrogen (secondary N) is 1. The summed E-state index contributed by atoms with van der Waals surface area (Å²) in [5.74, 6) is -3.10. The van der Waals surface area contributed by atoms with E-state index < -0.39 is 136 Å². The number of hydrogen-bond acceptors (Lipinski definition) is 18. The molecular formula is C30H47NO18. The average Bonchev–Trinajstić information content (AvgIpc) is 3.07. The molecule has 3 aliphatic rings. The highest BCUT2D eigenvalue weighted by Crippen LogP contribution is 2.38. The van der Waals surface area contributed by atoms with Gasteiger partial charge >= 0.3 is 0 Å². The number of benzene rings is 1. The molecule has 0 aliphatic carbocycles. The summed E-state index contributed by atoms with van der Waals surface area (Å²) in [6.45, 7) is -0.827. The normalized spacial score (nSPS) is 41.9. The Labute approximate surface area is 280 Å². The number of ether oxygens (including phenoxy) is 5. The van der Waals surface area contributed by atoms with E-state index in [-0.39, 0.29) is 6.61 Å². The van der Waals surface area contributed by atoms with E-state index >= 15 is 0 Å². The minimum absolute atomic E-state index is 0.184. The minimum Gasteiger partial charge on any atom is -0.394 e. The molecule has 280 valence electrons. The first-order chi connectivity index (χ1) is 23.1. The van der Waals surface area contributed by atoms with E-state index in [4.69, 9.17) is 23.7 Å². The van der Waals surface area contributed by atoms with Gasteiger partial charge in [0, 0.05) is 19.8 Å². The predicted molar refractivity (Wildman–Crippen MR) is 158 cm³/mol. The zero-order valence-electron chi connectivity index (χ0n) is 26.5. The molecule has 0 radical (unpaired) electrons. The lowest BCUT2D eigenvalue weighted by Crippen LogP contribution is -2.67.